The molecule has 0 aromatic carbocycles. The van der Waals surface area contributed by atoms with Crippen LogP contribution in [0.15, 0.2) is 0 Å². The monoisotopic (exact) mass is 243 g/mol. The van der Waals surface area contributed by atoms with Crippen LogP contribution in [0.4, 0.5) is 0 Å². The predicted molar refractivity (Wildman–Crippen MR) is 67.8 cm³/mol. The Labute approximate surface area is 104 Å². The summed E-state index contributed by atoms with van der Waals surface area (Å²) in [7, 11) is 0. The number of rotatable bonds is 5. The maximum atomic E-state index is 11.7. The molecule has 100 valence electrons. The van der Waals surface area contributed by atoms with Crippen molar-refractivity contribution >= 4 is 5.97 Å². The maximum Gasteiger partial charge on any atom is 0.327 e. The zero-order valence-corrected chi connectivity index (χ0v) is 11.2. The minimum absolute atomic E-state index is 0.307. The molecule has 0 amide bonds. The highest BCUT2D eigenvalue weighted by atomic mass is 16.5. The van der Waals surface area contributed by atoms with E-state index >= 15 is 0 Å². The number of carbonyl (C=O) groups excluding carboxylic acids is 1. The SMILES string of the molecule is CCOC(=O)C(C)(N)CN1CCN(CC)CC1. The first-order valence-corrected chi connectivity index (χ1v) is 6.40. The second-order valence-corrected chi connectivity index (χ2v) is 4.85. The quantitative estimate of drug-likeness (QED) is 0.684. The van der Waals surface area contributed by atoms with Crippen molar-refractivity contribution in [3.63, 3.8) is 0 Å². The molecule has 0 aliphatic carbocycles. The van der Waals surface area contributed by atoms with Crippen LogP contribution in [0.5, 0.6) is 0 Å². The van der Waals surface area contributed by atoms with Crippen molar-refractivity contribution in [3.05, 3.63) is 0 Å². The summed E-state index contributed by atoms with van der Waals surface area (Å²) in [5.41, 5.74) is 5.12. The summed E-state index contributed by atoms with van der Waals surface area (Å²) in [4.78, 5) is 16.3. The first-order valence-electron chi connectivity index (χ1n) is 6.40. The Morgan fingerprint density at radius 2 is 1.76 bits per heavy atom. The van der Waals surface area contributed by atoms with Crippen LogP contribution in [-0.4, -0.2) is 67.2 Å². The van der Waals surface area contributed by atoms with E-state index in [2.05, 4.69) is 16.7 Å². The first kappa shape index (κ1) is 14.4. The largest absolute Gasteiger partial charge is 0.465 e. The van der Waals surface area contributed by atoms with Gasteiger partial charge in [0.05, 0.1) is 6.61 Å². The topological polar surface area (TPSA) is 58.8 Å². The van der Waals surface area contributed by atoms with Gasteiger partial charge in [0.1, 0.15) is 5.54 Å². The van der Waals surface area contributed by atoms with Gasteiger partial charge in [-0.25, -0.2) is 0 Å². The van der Waals surface area contributed by atoms with E-state index in [4.69, 9.17) is 10.5 Å². The van der Waals surface area contributed by atoms with Gasteiger partial charge in [-0.3, -0.25) is 9.69 Å². The van der Waals surface area contributed by atoms with Crippen molar-refractivity contribution in [1.29, 1.82) is 0 Å². The average Bonchev–Trinajstić information content (AvgIpc) is 2.30. The van der Waals surface area contributed by atoms with Crippen LogP contribution < -0.4 is 5.73 Å². The molecule has 1 aliphatic heterocycles. The molecule has 17 heavy (non-hydrogen) atoms. The number of carbonyl (C=O) groups is 1. The Kier molecular flexibility index (Phi) is 5.36. The van der Waals surface area contributed by atoms with Crippen molar-refractivity contribution in [2.45, 2.75) is 26.3 Å². The van der Waals surface area contributed by atoms with Crippen LogP contribution in [0, 0.1) is 0 Å². The Balaban J connectivity index is 2.40. The lowest BCUT2D eigenvalue weighted by molar-refractivity contribution is -0.149. The molecule has 1 heterocycles. The summed E-state index contributed by atoms with van der Waals surface area (Å²) in [6.45, 7) is 11.8. The van der Waals surface area contributed by atoms with Gasteiger partial charge in [0.25, 0.3) is 0 Å². The van der Waals surface area contributed by atoms with Gasteiger partial charge < -0.3 is 15.4 Å². The van der Waals surface area contributed by atoms with Crippen LogP contribution in [0.2, 0.25) is 0 Å². The van der Waals surface area contributed by atoms with Gasteiger partial charge in [0, 0.05) is 32.7 Å². The molecule has 1 unspecified atom stereocenters. The van der Waals surface area contributed by atoms with Gasteiger partial charge in [0.15, 0.2) is 0 Å². The molecule has 0 saturated carbocycles. The predicted octanol–water partition coefficient (Wildman–Crippen LogP) is -0.0956. The number of piperazine rings is 1. The molecule has 5 heteroatoms. The maximum absolute atomic E-state index is 11.7. The highest BCUT2D eigenvalue weighted by Gasteiger charge is 2.33. The number of esters is 1. The molecule has 1 saturated heterocycles. The Hall–Kier alpha value is -0.650. The minimum Gasteiger partial charge on any atom is -0.465 e. The van der Waals surface area contributed by atoms with Crippen molar-refractivity contribution in [1.82, 2.24) is 9.80 Å². The number of ether oxygens (including phenoxy) is 1. The summed E-state index contributed by atoms with van der Waals surface area (Å²) in [6, 6.07) is 0. The fraction of sp³-hybridized carbons (Fsp3) is 0.917. The van der Waals surface area contributed by atoms with E-state index < -0.39 is 5.54 Å². The lowest BCUT2D eigenvalue weighted by Gasteiger charge is -2.37. The number of hydrogen-bond acceptors (Lipinski definition) is 5. The fourth-order valence-corrected chi connectivity index (χ4v) is 2.09. The molecule has 0 aromatic rings. The Morgan fingerprint density at radius 3 is 2.24 bits per heavy atom. The molecule has 1 atom stereocenters. The normalized spacial score (nSPS) is 22.1. The second kappa shape index (κ2) is 6.33. The minimum atomic E-state index is -0.898. The molecule has 1 aliphatic rings. The zero-order valence-electron chi connectivity index (χ0n) is 11.2. The molecule has 0 spiro atoms. The van der Waals surface area contributed by atoms with Gasteiger partial charge >= 0.3 is 5.97 Å². The molecule has 1 rings (SSSR count). The van der Waals surface area contributed by atoms with Gasteiger partial charge in [-0.1, -0.05) is 6.92 Å². The van der Waals surface area contributed by atoms with Gasteiger partial charge in [-0.15, -0.1) is 0 Å². The van der Waals surface area contributed by atoms with Crippen LogP contribution in [0.3, 0.4) is 0 Å². The van der Waals surface area contributed by atoms with Gasteiger partial charge in [-0.2, -0.15) is 0 Å². The molecule has 5 nitrogen and oxygen atoms in total. The third kappa shape index (κ3) is 4.26. The second-order valence-electron chi connectivity index (χ2n) is 4.85. The number of likely N-dealkylation sites (N-methyl/N-ethyl adjacent to an activating group) is 1. The Morgan fingerprint density at radius 1 is 1.24 bits per heavy atom. The molecule has 1 fully saturated rings. The van der Waals surface area contributed by atoms with E-state index in [9.17, 15) is 4.79 Å². The lowest BCUT2D eigenvalue weighted by Crippen LogP contribution is -2.58. The molecule has 0 radical (unpaired) electrons. The highest BCUT2D eigenvalue weighted by Crippen LogP contribution is 2.09. The third-order valence-electron chi connectivity index (χ3n) is 3.21. The molecular weight excluding hydrogens is 218 g/mol. The number of nitrogens with two attached hydrogens (primary N) is 1. The summed E-state index contributed by atoms with van der Waals surface area (Å²) in [5.74, 6) is -0.307. The summed E-state index contributed by atoms with van der Waals surface area (Å²) < 4.78 is 4.99. The highest BCUT2D eigenvalue weighted by molar-refractivity contribution is 5.80. The van der Waals surface area contributed by atoms with Crippen molar-refractivity contribution < 1.29 is 9.53 Å². The number of hydrogen-bond donors (Lipinski definition) is 1. The van der Waals surface area contributed by atoms with E-state index in [1.54, 1.807) is 13.8 Å². The van der Waals surface area contributed by atoms with Gasteiger partial charge in [-0.05, 0) is 20.4 Å². The zero-order chi connectivity index (χ0) is 12.9. The number of nitrogens with zero attached hydrogens (tertiary/aromatic N) is 2. The third-order valence-corrected chi connectivity index (χ3v) is 3.21. The summed E-state index contributed by atoms with van der Waals surface area (Å²) >= 11 is 0. The molecule has 0 aromatic heterocycles. The smallest absolute Gasteiger partial charge is 0.327 e. The van der Waals surface area contributed by atoms with Crippen LogP contribution >= 0.6 is 0 Å². The van der Waals surface area contributed by atoms with E-state index in [0.717, 1.165) is 32.7 Å². The van der Waals surface area contributed by atoms with Crippen LogP contribution in [-0.2, 0) is 9.53 Å². The van der Waals surface area contributed by atoms with Crippen LogP contribution in [0.1, 0.15) is 20.8 Å². The summed E-state index contributed by atoms with van der Waals surface area (Å²) in [5, 5.41) is 0. The summed E-state index contributed by atoms with van der Waals surface area (Å²) in [6.07, 6.45) is 0. The fourth-order valence-electron chi connectivity index (χ4n) is 2.09. The Bertz CT molecular complexity index is 248. The van der Waals surface area contributed by atoms with Crippen molar-refractivity contribution in [2.75, 3.05) is 45.9 Å². The molecule has 2 N–H and O–H groups in total. The lowest BCUT2D eigenvalue weighted by atomic mass is 10.0. The van der Waals surface area contributed by atoms with Gasteiger partial charge in [0.2, 0.25) is 0 Å². The van der Waals surface area contributed by atoms with Crippen LogP contribution in [0.25, 0.3) is 0 Å². The molecular formula is C12H25N3O2. The average molecular weight is 243 g/mol. The van der Waals surface area contributed by atoms with Crippen molar-refractivity contribution in [2.24, 2.45) is 5.73 Å². The van der Waals surface area contributed by atoms with E-state index in [-0.39, 0.29) is 5.97 Å². The molecule has 0 bridgehead atoms. The van der Waals surface area contributed by atoms with E-state index in [0.29, 0.717) is 13.2 Å². The van der Waals surface area contributed by atoms with E-state index in [1.807, 2.05) is 0 Å². The van der Waals surface area contributed by atoms with Crippen molar-refractivity contribution in [3.8, 4) is 0 Å². The van der Waals surface area contributed by atoms with E-state index in [1.165, 1.54) is 0 Å². The first-order chi connectivity index (χ1) is 7.99. The standard InChI is InChI=1S/C12H25N3O2/c1-4-14-6-8-15(9-7-14)10-12(3,13)11(16)17-5-2/h4-10,13H2,1-3H3.